The van der Waals surface area contributed by atoms with Crippen molar-refractivity contribution in [1.29, 1.82) is 0 Å². The number of nitrogens with one attached hydrogen (secondary N) is 1. The molecule has 1 atom stereocenters. The molecule has 2 heterocycles. The average Bonchev–Trinajstić information content (AvgIpc) is 2.65. The van der Waals surface area contributed by atoms with E-state index >= 15 is 0 Å². The van der Waals surface area contributed by atoms with Crippen LogP contribution in [-0.4, -0.2) is 36.1 Å². The van der Waals surface area contributed by atoms with Gasteiger partial charge in [0.2, 0.25) is 0 Å². The smallest absolute Gasteiger partial charge is 0.0612 e. The van der Waals surface area contributed by atoms with Crippen molar-refractivity contribution in [1.82, 2.24) is 15.2 Å². The Bertz CT molecular complexity index is 832. The molecule has 122 valence electrons. The molecular formula is C21H23N3. The van der Waals surface area contributed by atoms with Crippen LogP contribution in [0.1, 0.15) is 22.7 Å². The summed E-state index contributed by atoms with van der Waals surface area (Å²) in [6.07, 6.45) is 3.90. The first kappa shape index (κ1) is 15.3. The number of pyridine rings is 1. The van der Waals surface area contributed by atoms with Gasteiger partial charge in [-0.1, -0.05) is 42.5 Å². The summed E-state index contributed by atoms with van der Waals surface area (Å²) >= 11 is 0. The van der Waals surface area contributed by atoms with Crippen molar-refractivity contribution >= 4 is 10.8 Å². The van der Waals surface area contributed by atoms with Gasteiger partial charge in [-0.15, -0.1) is 0 Å². The minimum Gasteiger partial charge on any atom is -0.314 e. The van der Waals surface area contributed by atoms with Crippen molar-refractivity contribution < 1.29 is 0 Å². The van der Waals surface area contributed by atoms with Crippen LogP contribution in [0.25, 0.3) is 10.8 Å². The molecule has 1 saturated heterocycles. The number of aryl methyl sites for hydroxylation is 1. The molecule has 0 radical (unpaired) electrons. The van der Waals surface area contributed by atoms with Gasteiger partial charge in [0.25, 0.3) is 0 Å². The van der Waals surface area contributed by atoms with Crippen molar-refractivity contribution in [3.05, 3.63) is 77.6 Å². The fourth-order valence-electron chi connectivity index (χ4n) is 3.78. The molecule has 0 saturated carbocycles. The molecule has 3 nitrogen and oxygen atoms in total. The molecule has 3 heteroatoms. The number of piperazine rings is 1. The number of fused-ring (bicyclic) bond motifs is 1. The largest absolute Gasteiger partial charge is 0.314 e. The van der Waals surface area contributed by atoms with E-state index in [1.54, 1.807) is 0 Å². The first-order valence-electron chi connectivity index (χ1n) is 8.67. The lowest BCUT2D eigenvalue weighted by molar-refractivity contribution is 0.199. The van der Waals surface area contributed by atoms with Gasteiger partial charge in [0.05, 0.1) is 6.04 Å². The van der Waals surface area contributed by atoms with Crippen LogP contribution < -0.4 is 5.32 Å². The molecule has 0 bridgehead atoms. The lowest BCUT2D eigenvalue weighted by Crippen LogP contribution is -2.45. The summed E-state index contributed by atoms with van der Waals surface area (Å²) in [5.74, 6) is 0. The second kappa shape index (κ2) is 6.71. The number of rotatable bonds is 3. The molecular weight excluding hydrogens is 294 g/mol. The van der Waals surface area contributed by atoms with E-state index in [9.17, 15) is 0 Å². The maximum Gasteiger partial charge on any atom is 0.0612 e. The second-order valence-electron chi connectivity index (χ2n) is 6.49. The monoisotopic (exact) mass is 317 g/mol. The van der Waals surface area contributed by atoms with Crippen LogP contribution in [0.5, 0.6) is 0 Å². The topological polar surface area (TPSA) is 28.2 Å². The van der Waals surface area contributed by atoms with Crippen molar-refractivity contribution in [3.63, 3.8) is 0 Å². The fraction of sp³-hybridized carbons (Fsp3) is 0.286. The summed E-state index contributed by atoms with van der Waals surface area (Å²) in [6.45, 7) is 6.39. The van der Waals surface area contributed by atoms with Gasteiger partial charge < -0.3 is 5.32 Å². The molecule has 0 aliphatic carbocycles. The summed E-state index contributed by atoms with van der Waals surface area (Å²) in [5.41, 5.74) is 4.02. The molecule has 1 aromatic heterocycles. The molecule has 1 aliphatic heterocycles. The predicted octanol–water partition coefficient (Wildman–Crippen LogP) is 3.54. The maximum atomic E-state index is 4.30. The average molecular weight is 317 g/mol. The van der Waals surface area contributed by atoms with Crippen LogP contribution in [0, 0.1) is 6.92 Å². The number of hydrogen-bond acceptors (Lipinski definition) is 3. The van der Waals surface area contributed by atoms with E-state index in [4.69, 9.17) is 0 Å². The number of nitrogens with zero attached hydrogens (tertiary/aromatic N) is 2. The predicted molar refractivity (Wildman–Crippen MR) is 99.2 cm³/mol. The highest BCUT2D eigenvalue weighted by Gasteiger charge is 2.26. The third-order valence-corrected chi connectivity index (χ3v) is 4.99. The molecule has 0 amide bonds. The summed E-state index contributed by atoms with van der Waals surface area (Å²) in [6, 6.07) is 17.8. The Hall–Kier alpha value is -2.23. The quantitative estimate of drug-likeness (QED) is 0.801. The number of aromatic nitrogens is 1. The van der Waals surface area contributed by atoms with Crippen molar-refractivity contribution in [2.75, 3.05) is 26.2 Å². The van der Waals surface area contributed by atoms with Crippen LogP contribution >= 0.6 is 0 Å². The summed E-state index contributed by atoms with van der Waals surface area (Å²) in [7, 11) is 0. The van der Waals surface area contributed by atoms with Crippen LogP contribution in [0.2, 0.25) is 0 Å². The van der Waals surface area contributed by atoms with E-state index in [0.29, 0.717) is 0 Å². The zero-order valence-corrected chi connectivity index (χ0v) is 14.1. The van der Waals surface area contributed by atoms with Gasteiger partial charge in [0, 0.05) is 38.6 Å². The van der Waals surface area contributed by atoms with Crippen LogP contribution in [0.15, 0.2) is 60.9 Å². The van der Waals surface area contributed by atoms with Crippen molar-refractivity contribution in [2.45, 2.75) is 13.0 Å². The first-order valence-corrected chi connectivity index (χ1v) is 8.67. The Morgan fingerprint density at radius 1 is 0.958 bits per heavy atom. The third kappa shape index (κ3) is 2.81. The van der Waals surface area contributed by atoms with Crippen LogP contribution in [-0.2, 0) is 0 Å². The highest BCUT2D eigenvalue weighted by molar-refractivity contribution is 5.86. The second-order valence-corrected chi connectivity index (χ2v) is 6.49. The van der Waals surface area contributed by atoms with E-state index in [2.05, 4.69) is 70.7 Å². The number of benzene rings is 2. The van der Waals surface area contributed by atoms with Gasteiger partial charge in [-0.25, -0.2) is 0 Å². The summed E-state index contributed by atoms with van der Waals surface area (Å²) in [5, 5.41) is 6.12. The van der Waals surface area contributed by atoms with Crippen LogP contribution in [0.4, 0.5) is 0 Å². The SMILES string of the molecule is Cc1cnccc1C(c1cccc2ccccc12)N1CCNCC1. The van der Waals surface area contributed by atoms with Gasteiger partial charge in [0.1, 0.15) is 0 Å². The molecule has 3 aromatic rings. The fourth-order valence-corrected chi connectivity index (χ4v) is 3.78. The molecule has 1 N–H and O–H groups in total. The van der Waals surface area contributed by atoms with Crippen molar-refractivity contribution in [3.8, 4) is 0 Å². The van der Waals surface area contributed by atoms with E-state index in [-0.39, 0.29) is 6.04 Å². The number of hydrogen-bond donors (Lipinski definition) is 1. The van der Waals surface area contributed by atoms with Gasteiger partial charge in [0.15, 0.2) is 0 Å². The lowest BCUT2D eigenvalue weighted by Gasteiger charge is -2.36. The Balaban J connectivity index is 1.90. The molecule has 4 rings (SSSR count). The maximum absolute atomic E-state index is 4.30. The third-order valence-electron chi connectivity index (χ3n) is 4.99. The molecule has 1 aliphatic rings. The zero-order valence-electron chi connectivity index (χ0n) is 14.1. The lowest BCUT2D eigenvalue weighted by atomic mass is 9.90. The Kier molecular flexibility index (Phi) is 4.28. The van der Waals surface area contributed by atoms with Gasteiger partial charge in [-0.3, -0.25) is 9.88 Å². The molecule has 0 spiro atoms. The molecule has 1 fully saturated rings. The Labute approximate surface area is 143 Å². The first-order chi connectivity index (χ1) is 11.8. The van der Waals surface area contributed by atoms with E-state index < -0.39 is 0 Å². The standard InChI is InChI=1S/C21H23N3/c1-16-15-23-10-9-18(16)21(24-13-11-22-12-14-24)20-8-4-6-17-5-2-3-7-19(17)20/h2-10,15,21-22H,11-14H2,1H3. The van der Waals surface area contributed by atoms with Gasteiger partial charge in [-0.05, 0) is 40.5 Å². The highest BCUT2D eigenvalue weighted by Crippen LogP contribution is 2.34. The zero-order chi connectivity index (χ0) is 16.4. The van der Waals surface area contributed by atoms with Crippen molar-refractivity contribution in [2.24, 2.45) is 0 Å². The van der Waals surface area contributed by atoms with Gasteiger partial charge >= 0.3 is 0 Å². The normalized spacial score (nSPS) is 17.0. The Morgan fingerprint density at radius 2 is 1.75 bits per heavy atom. The van der Waals surface area contributed by atoms with E-state index in [1.165, 1.54) is 27.5 Å². The molecule has 24 heavy (non-hydrogen) atoms. The van der Waals surface area contributed by atoms with E-state index in [1.807, 2.05) is 12.4 Å². The van der Waals surface area contributed by atoms with Gasteiger partial charge in [-0.2, -0.15) is 0 Å². The minimum absolute atomic E-state index is 0.279. The van der Waals surface area contributed by atoms with Crippen LogP contribution in [0.3, 0.4) is 0 Å². The molecule has 2 aromatic carbocycles. The van der Waals surface area contributed by atoms with E-state index in [0.717, 1.165) is 26.2 Å². The summed E-state index contributed by atoms with van der Waals surface area (Å²) < 4.78 is 0. The highest BCUT2D eigenvalue weighted by atomic mass is 15.2. The minimum atomic E-state index is 0.279. The Morgan fingerprint density at radius 3 is 2.58 bits per heavy atom. The summed E-state index contributed by atoms with van der Waals surface area (Å²) in [4.78, 5) is 6.90. The molecule has 1 unspecified atom stereocenters.